The average molecular weight is 477 g/mol. The van der Waals surface area contributed by atoms with Gasteiger partial charge >= 0.3 is 12.1 Å². The van der Waals surface area contributed by atoms with Crippen LogP contribution in [0, 0.1) is 0 Å². The largest absolute Gasteiger partial charge is 0.476 e. The van der Waals surface area contributed by atoms with Crippen LogP contribution in [0.25, 0.3) is 11.1 Å². The van der Waals surface area contributed by atoms with E-state index in [-0.39, 0.29) is 30.7 Å². The van der Waals surface area contributed by atoms with E-state index in [1.54, 1.807) is 4.57 Å². The number of nitrogens with one attached hydrogen (secondary N) is 2. The number of carboxylic acids is 1. The van der Waals surface area contributed by atoms with E-state index in [1.165, 1.54) is 12.5 Å². The number of hydrogen-bond donors (Lipinski definition) is 3. The third-order valence-electron chi connectivity index (χ3n) is 6.05. The van der Waals surface area contributed by atoms with Crippen LogP contribution in [0.3, 0.4) is 0 Å². The minimum Gasteiger partial charge on any atom is -0.476 e. The van der Waals surface area contributed by atoms with Gasteiger partial charge in [-0.2, -0.15) is 0 Å². The van der Waals surface area contributed by atoms with Gasteiger partial charge in [0.05, 0.1) is 6.33 Å². The highest BCUT2D eigenvalue weighted by Gasteiger charge is 2.29. The number of nitrogens with zero attached hydrogens (tertiary/aromatic N) is 2. The number of carbonyl (C=O) groups excluding carboxylic acids is 2. The summed E-state index contributed by atoms with van der Waals surface area (Å²) in [4.78, 5) is 40.0. The summed E-state index contributed by atoms with van der Waals surface area (Å²) in [5, 5.41) is 14.4. The van der Waals surface area contributed by atoms with E-state index in [0.29, 0.717) is 19.4 Å². The van der Waals surface area contributed by atoms with E-state index < -0.39 is 18.1 Å². The smallest absolute Gasteiger partial charge is 0.407 e. The number of aromatic nitrogens is 2. The van der Waals surface area contributed by atoms with E-state index in [1.807, 2.05) is 43.3 Å². The summed E-state index contributed by atoms with van der Waals surface area (Å²) >= 11 is 0. The first-order chi connectivity index (χ1) is 17.0. The topological polar surface area (TPSA) is 123 Å². The zero-order valence-corrected chi connectivity index (χ0v) is 19.4. The highest BCUT2D eigenvalue weighted by atomic mass is 16.5. The van der Waals surface area contributed by atoms with Gasteiger partial charge in [-0.05, 0) is 28.7 Å². The van der Waals surface area contributed by atoms with Crippen molar-refractivity contribution in [2.75, 3.05) is 13.2 Å². The summed E-state index contributed by atoms with van der Waals surface area (Å²) in [6.45, 7) is 2.72. The summed E-state index contributed by atoms with van der Waals surface area (Å²) in [6, 6.07) is 15.5. The van der Waals surface area contributed by atoms with Crippen LogP contribution < -0.4 is 10.6 Å². The summed E-state index contributed by atoms with van der Waals surface area (Å²) < 4.78 is 7.15. The summed E-state index contributed by atoms with van der Waals surface area (Å²) in [5.41, 5.74) is 4.48. The molecule has 9 nitrogen and oxygen atoms in total. The first-order valence-electron chi connectivity index (χ1n) is 11.6. The predicted octanol–water partition coefficient (Wildman–Crippen LogP) is 3.40. The van der Waals surface area contributed by atoms with Crippen LogP contribution in [0.5, 0.6) is 0 Å². The van der Waals surface area contributed by atoms with Crippen LogP contribution in [0.15, 0.2) is 61.1 Å². The van der Waals surface area contributed by atoms with Gasteiger partial charge in [-0.3, -0.25) is 4.79 Å². The van der Waals surface area contributed by atoms with Crippen LogP contribution in [0.1, 0.15) is 47.3 Å². The number of rotatable bonds is 10. The SMILES string of the molecule is CCC[C@@H](NC(=O)OCC1c2ccccc2-c2ccccc21)C(=O)NCCn1cnc(C(=O)O)c1. The first-order valence-corrected chi connectivity index (χ1v) is 11.6. The van der Waals surface area contributed by atoms with Crippen molar-refractivity contribution in [2.24, 2.45) is 0 Å². The lowest BCUT2D eigenvalue weighted by atomic mass is 9.98. The molecule has 0 aliphatic heterocycles. The number of amides is 2. The van der Waals surface area contributed by atoms with Crippen LogP contribution >= 0.6 is 0 Å². The molecule has 3 N–H and O–H groups in total. The molecule has 1 aliphatic rings. The lowest BCUT2D eigenvalue weighted by Gasteiger charge is -2.19. The van der Waals surface area contributed by atoms with Crippen molar-refractivity contribution in [1.29, 1.82) is 0 Å². The van der Waals surface area contributed by atoms with Gasteiger partial charge in [0.2, 0.25) is 5.91 Å². The van der Waals surface area contributed by atoms with E-state index in [9.17, 15) is 14.4 Å². The fourth-order valence-electron chi connectivity index (χ4n) is 4.36. The van der Waals surface area contributed by atoms with Crippen molar-refractivity contribution < 1.29 is 24.2 Å². The van der Waals surface area contributed by atoms with Crippen molar-refractivity contribution in [3.05, 3.63) is 77.9 Å². The Morgan fingerprint density at radius 3 is 2.34 bits per heavy atom. The predicted molar refractivity (Wildman–Crippen MR) is 129 cm³/mol. The molecule has 0 bridgehead atoms. The lowest BCUT2D eigenvalue weighted by Crippen LogP contribution is -2.47. The molecule has 1 aliphatic carbocycles. The van der Waals surface area contributed by atoms with E-state index >= 15 is 0 Å². The number of fused-ring (bicyclic) bond motifs is 3. The Labute approximate surface area is 203 Å². The second-order valence-corrected chi connectivity index (χ2v) is 8.40. The standard InChI is InChI=1S/C26H28N4O5/c1-2-7-22(24(31)27-12-13-30-14-23(25(32)33)28-16-30)29-26(34)35-15-21-19-10-5-3-8-17(19)18-9-4-6-11-20(18)21/h3-6,8-11,14,16,21-22H,2,7,12-13,15H2,1H3,(H,27,31)(H,29,34)(H,32,33)/t22-/m1/s1. The van der Waals surface area contributed by atoms with Gasteiger partial charge in [0, 0.05) is 25.2 Å². The van der Waals surface area contributed by atoms with Crippen LogP contribution in [0.2, 0.25) is 0 Å². The molecule has 9 heteroatoms. The monoisotopic (exact) mass is 476 g/mol. The number of alkyl carbamates (subject to hydrolysis) is 1. The Morgan fingerprint density at radius 1 is 1.09 bits per heavy atom. The molecule has 1 atom stereocenters. The number of carboxylic acid groups (broad SMARTS) is 1. The maximum absolute atomic E-state index is 12.7. The molecular weight excluding hydrogens is 448 g/mol. The molecule has 0 saturated heterocycles. The maximum Gasteiger partial charge on any atom is 0.407 e. The Kier molecular flexibility index (Phi) is 7.45. The molecule has 0 spiro atoms. The first kappa shape index (κ1) is 24.0. The minimum atomic E-state index is -1.11. The molecule has 0 fully saturated rings. The van der Waals surface area contributed by atoms with Gasteiger partial charge in [0.1, 0.15) is 12.6 Å². The number of aromatic carboxylic acids is 1. The summed E-state index contributed by atoms with van der Waals surface area (Å²) in [5.74, 6) is -1.49. The lowest BCUT2D eigenvalue weighted by molar-refractivity contribution is -0.123. The molecule has 1 aromatic heterocycles. The number of imidazole rings is 1. The van der Waals surface area contributed by atoms with E-state index in [4.69, 9.17) is 9.84 Å². The van der Waals surface area contributed by atoms with Gasteiger partial charge in [-0.25, -0.2) is 14.6 Å². The zero-order valence-electron chi connectivity index (χ0n) is 19.4. The molecule has 1 heterocycles. The Morgan fingerprint density at radius 2 is 1.74 bits per heavy atom. The third-order valence-corrected chi connectivity index (χ3v) is 6.05. The second-order valence-electron chi connectivity index (χ2n) is 8.40. The van der Waals surface area contributed by atoms with Crippen LogP contribution in [-0.2, 0) is 16.1 Å². The quantitative estimate of drug-likeness (QED) is 0.412. The van der Waals surface area contributed by atoms with Gasteiger partial charge in [-0.15, -0.1) is 0 Å². The zero-order chi connectivity index (χ0) is 24.8. The molecule has 4 rings (SSSR count). The van der Waals surface area contributed by atoms with Crippen molar-refractivity contribution in [3.8, 4) is 11.1 Å². The summed E-state index contributed by atoms with van der Waals surface area (Å²) in [7, 11) is 0. The average Bonchev–Trinajstić information content (AvgIpc) is 3.46. The normalized spacial score (nSPS) is 12.9. The van der Waals surface area contributed by atoms with Crippen LogP contribution in [0.4, 0.5) is 4.79 Å². The molecule has 0 unspecified atom stereocenters. The van der Waals surface area contributed by atoms with Crippen molar-refractivity contribution >= 4 is 18.0 Å². The van der Waals surface area contributed by atoms with Crippen molar-refractivity contribution in [3.63, 3.8) is 0 Å². The highest BCUT2D eigenvalue weighted by molar-refractivity contribution is 5.86. The molecule has 0 saturated carbocycles. The van der Waals surface area contributed by atoms with E-state index in [0.717, 1.165) is 22.3 Å². The minimum absolute atomic E-state index is 0.0579. The molecular formula is C26H28N4O5. The number of carbonyl (C=O) groups is 3. The van der Waals surface area contributed by atoms with Gasteiger partial charge in [-0.1, -0.05) is 61.9 Å². The molecule has 2 amide bonds. The van der Waals surface area contributed by atoms with E-state index in [2.05, 4.69) is 27.8 Å². The van der Waals surface area contributed by atoms with Gasteiger partial charge in [0.25, 0.3) is 0 Å². The van der Waals surface area contributed by atoms with Gasteiger partial charge in [0.15, 0.2) is 5.69 Å². The third kappa shape index (κ3) is 5.51. The molecule has 2 aromatic carbocycles. The van der Waals surface area contributed by atoms with Crippen molar-refractivity contribution in [2.45, 2.75) is 38.3 Å². The van der Waals surface area contributed by atoms with Crippen LogP contribution in [-0.4, -0.2) is 51.8 Å². The molecule has 3 aromatic rings. The fourth-order valence-corrected chi connectivity index (χ4v) is 4.36. The summed E-state index contributed by atoms with van der Waals surface area (Å²) in [6.07, 6.45) is 3.32. The Bertz CT molecular complexity index is 1180. The Hall–Kier alpha value is -4.14. The maximum atomic E-state index is 12.7. The highest BCUT2D eigenvalue weighted by Crippen LogP contribution is 2.44. The van der Waals surface area contributed by atoms with Gasteiger partial charge < -0.3 is 25.0 Å². The molecule has 35 heavy (non-hydrogen) atoms. The number of ether oxygens (including phenoxy) is 1. The number of benzene rings is 2. The Balaban J connectivity index is 1.31. The van der Waals surface area contributed by atoms with Crippen molar-refractivity contribution in [1.82, 2.24) is 20.2 Å². The molecule has 182 valence electrons. The fraction of sp³-hybridized carbons (Fsp3) is 0.308. The molecule has 0 radical (unpaired) electrons. The number of hydrogen-bond acceptors (Lipinski definition) is 5. The second kappa shape index (κ2) is 10.9.